The number of aliphatic hydroxyl groups is 1. The summed E-state index contributed by atoms with van der Waals surface area (Å²) in [6.07, 6.45) is 2.23. The van der Waals surface area contributed by atoms with E-state index in [0.717, 1.165) is 18.4 Å². The van der Waals surface area contributed by atoms with Gasteiger partial charge in [0, 0.05) is 19.2 Å². The summed E-state index contributed by atoms with van der Waals surface area (Å²) in [7, 11) is -3.40. The third-order valence-corrected chi connectivity index (χ3v) is 5.38. The second kappa shape index (κ2) is 5.38. The van der Waals surface area contributed by atoms with Crippen LogP contribution in [-0.4, -0.2) is 37.0 Å². The smallest absolute Gasteiger partial charge is 0.243 e. The maximum Gasteiger partial charge on any atom is 0.243 e. The Morgan fingerprint density at radius 2 is 2.00 bits per heavy atom. The van der Waals surface area contributed by atoms with Gasteiger partial charge >= 0.3 is 0 Å². The summed E-state index contributed by atoms with van der Waals surface area (Å²) in [6.45, 7) is 2.52. The van der Waals surface area contributed by atoms with E-state index in [2.05, 4.69) is 0 Å². The van der Waals surface area contributed by atoms with Crippen molar-refractivity contribution >= 4 is 10.0 Å². The number of hydrogen-bond acceptors (Lipinski definition) is 3. The Morgan fingerprint density at radius 3 is 2.61 bits per heavy atom. The molecule has 1 aromatic rings. The maximum atomic E-state index is 12.5. The molecule has 0 aromatic heterocycles. The molecule has 0 radical (unpaired) electrons. The monoisotopic (exact) mass is 269 g/mol. The minimum absolute atomic E-state index is 0.0323. The zero-order chi connectivity index (χ0) is 13.2. The lowest BCUT2D eigenvalue weighted by Gasteiger charge is -2.23. The second-order valence-corrected chi connectivity index (χ2v) is 6.63. The van der Waals surface area contributed by atoms with Crippen LogP contribution in [0.15, 0.2) is 29.2 Å². The van der Waals surface area contributed by atoms with Crippen LogP contribution >= 0.6 is 0 Å². The fraction of sp³-hybridized carbons (Fsp3) is 0.538. The first kappa shape index (κ1) is 13.5. The van der Waals surface area contributed by atoms with E-state index >= 15 is 0 Å². The predicted octanol–water partition coefficient (Wildman–Crippen LogP) is 1.53. The van der Waals surface area contributed by atoms with E-state index in [4.69, 9.17) is 5.11 Å². The molecule has 1 aliphatic heterocycles. The minimum atomic E-state index is -3.40. The molecule has 18 heavy (non-hydrogen) atoms. The molecule has 1 aliphatic rings. The molecule has 1 unspecified atom stereocenters. The summed E-state index contributed by atoms with van der Waals surface area (Å²) in [6, 6.07) is 6.87. The third kappa shape index (κ3) is 2.58. The van der Waals surface area contributed by atoms with Crippen LogP contribution in [0.5, 0.6) is 0 Å². The highest BCUT2D eigenvalue weighted by Gasteiger charge is 2.34. The highest BCUT2D eigenvalue weighted by Crippen LogP contribution is 2.27. The molecule has 0 amide bonds. The van der Waals surface area contributed by atoms with Gasteiger partial charge < -0.3 is 5.11 Å². The van der Waals surface area contributed by atoms with Crippen LogP contribution in [0.3, 0.4) is 0 Å². The Kier molecular flexibility index (Phi) is 4.04. The van der Waals surface area contributed by atoms with Gasteiger partial charge in [0.2, 0.25) is 10.0 Å². The Balaban J connectivity index is 2.27. The van der Waals surface area contributed by atoms with E-state index in [1.165, 1.54) is 4.31 Å². The molecular formula is C13H19NO3S. The average molecular weight is 269 g/mol. The molecule has 2 rings (SSSR count). The average Bonchev–Trinajstić information content (AvgIpc) is 2.79. The number of hydrogen-bond donors (Lipinski definition) is 1. The predicted molar refractivity (Wildman–Crippen MR) is 69.8 cm³/mol. The van der Waals surface area contributed by atoms with Crippen molar-refractivity contribution in [2.75, 3.05) is 13.2 Å². The van der Waals surface area contributed by atoms with Gasteiger partial charge in [-0.05, 0) is 38.3 Å². The number of aliphatic hydroxyl groups excluding tert-OH is 1. The fourth-order valence-electron chi connectivity index (χ4n) is 2.41. The van der Waals surface area contributed by atoms with E-state index in [1.807, 2.05) is 19.1 Å². The van der Waals surface area contributed by atoms with Crippen molar-refractivity contribution in [1.29, 1.82) is 0 Å². The van der Waals surface area contributed by atoms with Gasteiger partial charge in [0.05, 0.1) is 4.90 Å². The standard InChI is InChI=1S/C13H19NO3S/c1-11-4-6-13(7-5-11)18(16,17)14-9-2-3-12(14)8-10-15/h4-7,12,15H,2-3,8-10H2,1H3. The van der Waals surface area contributed by atoms with Gasteiger partial charge in [-0.15, -0.1) is 0 Å². The molecule has 1 fully saturated rings. The lowest BCUT2D eigenvalue weighted by atomic mass is 10.2. The molecule has 4 nitrogen and oxygen atoms in total. The summed E-state index contributed by atoms with van der Waals surface area (Å²) in [5, 5.41) is 9.00. The Hall–Kier alpha value is -0.910. The molecule has 0 spiro atoms. The van der Waals surface area contributed by atoms with Crippen molar-refractivity contribution < 1.29 is 13.5 Å². The topological polar surface area (TPSA) is 57.6 Å². The van der Waals surface area contributed by atoms with Crippen LogP contribution in [0.1, 0.15) is 24.8 Å². The first-order chi connectivity index (χ1) is 8.55. The first-order valence-corrected chi connectivity index (χ1v) is 7.69. The van der Waals surface area contributed by atoms with E-state index in [-0.39, 0.29) is 12.6 Å². The fourth-order valence-corrected chi connectivity index (χ4v) is 4.13. The van der Waals surface area contributed by atoms with Gasteiger partial charge in [0.25, 0.3) is 0 Å². The van der Waals surface area contributed by atoms with E-state index in [0.29, 0.717) is 17.9 Å². The lowest BCUT2D eigenvalue weighted by Crippen LogP contribution is -2.36. The lowest BCUT2D eigenvalue weighted by molar-refractivity contribution is 0.246. The maximum absolute atomic E-state index is 12.5. The largest absolute Gasteiger partial charge is 0.396 e. The number of aryl methyl sites for hydroxylation is 1. The van der Waals surface area contributed by atoms with Crippen LogP contribution in [0.2, 0.25) is 0 Å². The van der Waals surface area contributed by atoms with Crippen molar-refractivity contribution in [3.8, 4) is 0 Å². The summed E-state index contributed by atoms with van der Waals surface area (Å²) in [4.78, 5) is 0.345. The molecule has 1 atom stereocenters. The Labute approximate surface area is 108 Å². The quantitative estimate of drug-likeness (QED) is 0.902. The van der Waals surface area contributed by atoms with Gasteiger partial charge in [-0.2, -0.15) is 4.31 Å². The van der Waals surface area contributed by atoms with Gasteiger partial charge in [0.15, 0.2) is 0 Å². The molecule has 1 saturated heterocycles. The molecule has 1 N–H and O–H groups in total. The van der Waals surface area contributed by atoms with Gasteiger partial charge in [-0.1, -0.05) is 17.7 Å². The summed E-state index contributed by atoms with van der Waals surface area (Å²) in [5.41, 5.74) is 1.04. The molecular weight excluding hydrogens is 250 g/mol. The summed E-state index contributed by atoms with van der Waals surface area (Å²) in [5.74, 6) is 0. The van der Waals surface area contributed by atoms with E-state index < -0.39 is 10.0 Å². The molecule has 0 aliphatic carbocycles. The van der Waals surface area contributed by atoms with E-state index in [1.54, 1.807) is 12.1 Å². The van der Waals surface area contributed by atoms with Gasteiger partial charge in [0.1, 0.15) is 0 Å². The molecule has 1 aromatic carbocycles. The Bertz CT molecular complexity index is 495. The molecule has 0 saturated carbocycles. The highest BCUT2D eigenvalue weighted by molar-refractivity contribution is 7.89. The van der Waals surface area contributed by atoms with Gasteiger partial charge in [-0.25, -0.2) is 8.42 Å². The third-order valence-electron chi connectivity index (χ3n) is 3.41. The van der Waals surface area contributed by atoms with Crippen molar-refractivity contribution in [2.45, 2.75) is 37.1 Å². The number of rotatable bonds is 4. The first-order valence-electron chi connectivity index (χ1n) is 6.25. The van der Waals surface area contributed by atoms with Crippen LogP contribution in [0.25, 0.3) is 0 Å². The zero-order valence-corrected chi connectivity index (χ0v) is 11.4. The van der Waals surface area contributed by atoms with Crippen molar-refractivity contribution in [3.05, 3.63) is 29.8 Å². The van der Waals surface area contributed by atoms with Crippen molar-refractivity contribution in [1.82, 2.24) is 4.31 Å². The van der Waals surface area contributed by atoms with Crippen LogP contribution in [0.4, 0.5) is 0 Å². The molecule has 100 valence electrons. The summed E-state index contributed by atoms with van der Waals surface area (Å²) < 4.78 is 26.5. The highest BCUT2D eigenvalue weighted by atomic mass is 32.2. The zero-order valence-electron chi connectivity index (χ0n) is 10.5. The SMILES string of the molecule is Cc1ccc(S(=O)(=O)N2CCCC2CCO)cc1. The van der Waals surface area contributed by atoms with Crippen LogP contribution in [-0.2, 0) is 10.0 Å². The minimum Gasteiger partial charge on any atom is -0.396 e. The molecule has 0 bridgehead atoms. The van der Waals surface area contributed by atoms with Crippen molar-refractivity contribution in [3.63, 3.8) is 0 Å². The Morgan fingerprint density at radius 1 is 1.33 bits per heavy atom. The molecule has 5 heteroatoms. The summed E-state index contributed by atoms with van der Waals surface area (Å²) >= 11 is 0. The van der Waals surface area contributed by atoms with Gasteiger partial charge in [-0.3, -0.25) is 0 Å². The second-order valence-electron chi connectivity index (χ2n) is 4.74. The van der Waals surface area contributed by atoms with Crippen molar-refractivity contribution in [2.24, 2.45) is 0 Å². The number of nitrogens with zero attached hydrogens (tertiary/aromatic N) is 1. The normalized spacial score (nSPS) is 21.3. The number of sulfonamides is 1. The van der Waals surface area contributed by atoms with Crippen LogP contribution < -0.4 is 0 Å². The number of benzene rings is 1. The molecule has 1 heterocycles. The van der Waals surface area contributed by atoms with E-state index in [9.17, 15) is 8.42 Å². The van der Waals surface area contributed by atoms with Crippen LogP contribution in [0, 0.1) is 6.92 Å².